The van der Waals surface area contributed by atoms with Gasteiger partial charge in [-0.15, -0.1) is 0 Å². The third kappa shape index (κ3) is 4.95. The van der Waals surface area contributed by atoms with E-state index in [1.165, 1.54) is 5.56 Å². The van der Waals surface area contributed by atoms with Crippen LogP contribution >= 0.6 is 0 Å². The predicted molar refractivity (Wildman–Crippen MR) is 85.6 cm³/mol. The molecule has 0 bridgehead atoms. The van der Waals surface area contributed by atoms with E-state index in [2.05, 4.69) is 24.0 Å². The number of esters is 1. The Morgan fingerprint density at radius 2 is 2.09 bits per heavy atom. The lowest BCUT2D eigenvalue weighted by molar-refractivity contribution is -0.159. The van der Waals surface area contributed by atoms with Gasteiger partial charge >= 0.3 is 5.97 Å². The Morgan fingerprint density at radius 3 is 2.82 bits per heavy atom. The van der Waals surface area contributed by atoms with Crippen molar-refractivity contribution in [3.8, 4) is 0 Å². The highest BCUT2D eigenvalue weighted by Crippen LogP contribution is 2.15. The normalized spacial score (nSPS) is 19.0. The highest BCUT2D eigenvalue weighted by Gasteiger charge is 2.32. The lowest BCUT2D eigenvalue weighted by atomic mass is 10.0. The standard InChI is InChI=1S/C18H25NO3/c1-2-11-19-12-13-22-18(21)17(19)14-16(20)10-6-9-15-7-4-3-5-8-15/h3-5,7-8,17H,2,6,9-14H2,1H3. The van der Waals surface area contributed by atoms with Gasteiger partial charge in [0.15, 0.2) is 0 Å². The number of hydrogen-bond acceptors (Lipinski definition) is 4. The van der Waals surface area contributed by atoms with Gasteiger partial charge in [-0.3, -0.25) is 14.5 Å². The van der Waals surface area contributed by atoms with Crippen molar-refractivity contribution in [2.24, 2.45) is 0 Å². The van der Waals surface area contributed by atoms with E-state index in [0.29, 0.717) is 13.0 Å². The Labute approximate surface area is 132 Å². The van der Waals surface area contributed by atoms with Crippen molar-refractivity contribution < 1.29 is 14.3 Å². The molecule has 0 amide bonds. The number of ketones is 1. The molecule has 1 atom stereocenters. The summed E-state index contributed by atoms with van der Waals surface area (Å²) in [5.41, 5.74) is 1.25. The molecule has 0 saturated carbocycles. The van der Waals surface area contributed by atoms with Gasteiger partial charge in [-0.1, -0.05) is 37.3 Å². The molecular formula is C18H25NO3. The molecule has 22 heavy (non-hydrogen) atoms. The van der Waals surface area contributed by atoms with E-state index in [1.807, 2.05) is 18.2 Å². The van der Waals surface area contributed by atoms with E-state index < -0.39 is 0 Å². The summed E-state index contributed by atoms with van der Waals surface area (Å²) >= 11 is 0. The second kappa shape index (κ2) is 8.69. The molecule has 1 aromatic carbocycles. The summed E-state index contributed by atoms with van der Waals surface area (Å²) in [6, 6.07) is 9.79. The van der Waals surface area contributed by atoms with E-state index in [1.54, 1.807) is 0 Å². The van der Waals surface area contributed by atoms with Crippen LogP contribution in [0, 0.1) is 0 Å². The highest BCUT2D eigenvalue weighted by atomic mass is 16.5. The van der Waals surface area contributed by atoms with Crippen molar-refractivity contribution in [1.82, 2.24) is 4.90 Å². The first kappa shape index (κ1) is 16.7. The first-order valence-electron chi connectivity index (χ1n) is 8.17. The van der Waals surface area contributed by atoms with Gasteiger partial charge in [0.1, 0.15) is 18.4 Å². The zero-order chi connectivity index (χ0) is 15.8. The molecule has 4 nitrogen and oxygen atoms in total. The molecule has 0 aromatic heterocycles. The van der Waals surface area contributed by atoms with Gasteiger partial charge in [-0.05, 0) is 31.4 Å². The number of carbonyl (C=O) groups is 2. The van der Waals surface area contributed by atoms with Crippen LogP contribution in [-0.2, 0) is 20.7 Å². The second-order valence-corrected chi connectivity index (χ2v) is 5.80. The maximum Gasteiger partial charge on any atom is 0.323 e. The van der Waals surface area contributed by atoms with Crippen LogP contribution in [0.25, 0.3) is 0 Å². The first-order chi connectivity index (χ1) is 10.7. The third-order valence-corrected chi connectivity index (χ3v) is 4.03. The van der Waals surface area contributed by atoms with Crippen LogP contribution in [0.2, 0.25) is 0 Å². The van der Waals surface area contributed by atoms with Crippen molar-refractivity contribution in [3.63, 3.8) is 0 Å². The number of morpholine rings is 1. The SMILES string of the molecule is CCCN1CCOC(=O)C1CC(=O)CCCc1ccccc1. The Morgan fingerprint density at radius 1 is 1.32 bits per heavy atom. The molecule has 120 valence electrons. The van der Waals surface area contributed by atoms with Crippen LogP contribution in [-0.4, -0.2) is 42.4 Å². The molecule has 0 spiro atoms. The summed E-state index contributed by atoms with van der Waals surface area (Å²) < 4.78 is 5.11. The lowest BCUT2D eigenvalue weighted by Crippen LogP contribution is -2.49. The number of nitrogens with zero attached hydrogens (tertiary/aromatic N) is 1. The molecule has 2 rings (SSSR count). The molecule has 4 heteroatoms. The number of cyclic esters (lactones) is 1. The third-order valence-electron chi connectivity index (χ3n) is 4.03. The van der Waals surface area contributed by atoms with E-state index in [0.717, 1.165) is 32.4 Å². The van der Waals surface area contributed by atoms with Crippen molar-refractivity contribution in [2.45, 2.75) is 45.1 Å². The minimum absolute atomic E-state index is 0.154. The van der Waals surface area contributed by atoms with Crippen LogP contribution in [0.5, 0.6) is 0 Å². The Bertz CT molecular complexity index is 484. The van der Waals surface area contributed by atoms with Crippen LogP contribution in [0.1, 0.15) is 38.2 Å². The van der Waals surface area contributed by atoms with E-state index in [4.69, 9.17) is 4.74 Å². The van der Waals surface area contributed by atoms with Crippen LogP contribution in [0.15, 0.2) is 30.3 Å². The van der Waals surface area contributed by atoms with Gasteiger partial charge < -0.3 is 4.74 Å². The fraction of sp³-hybridized carbons (Fsp3) is 0.556. The number of hydrogen-bond donors (Lipinski definition) is 0. The maximum absolute atomic E-state index is 12.2. The van der Waals surface area contributed by atoms with Gasteiger partial charge in [-0.25, -0.2) is 0 Å². The van der Waals surface area contributed by atoms with Crippen molar-refractivity contribution >= 4 is 11.8 Å². The quantitative estimate of drug-likeness (QED) is 0.693. The molecule has 1 heterocycles. The van der Waals surface area contributed by atoms with E-state index >= 15 is 0 Å². The minimum atomic E-state index is -0.377. The maximum atomic E-state index is 12.2. The molecule has 1 unspecified atom stereocenters. The summed E-state index contributed by atoms with van der Waals surface area (Å²) in [5.74, 6) is -0.0861. The average Bonchev–Trinajstić information content (AvgIpc) is 2.52. The summed E-state index contributed by atoms with van der Waals surface area (Å²) in [4.78, 5) is 26.1. The van der Waals surface area contributed by atoms with Crippen molar-refractivity contribution in [3.05, 3.63) is 35.9 Å². The van der Waals surface area contributed by atoms with E-state index in [9.17, 15) is 9.59 Å². The van der Waals surface area contributed by atoms with Crippen molar-refractivity contribution in [2.75, 3.05) is 19.7 Å². The second-order valence-electron chi connectivity index (χ2n) is 5.80. The molecule has 0 N–H and O–H groups in total. The molecule has 1 aliphatic rings. The molecular weight excluding hydrogens is 278 g/mol. The molecule has 0 radical (unpaired) electrons. The molecule has 1 aliphatic heterocycles. The lowest BCUT2D eigenvalue weighted by Gasteiger charge is -2.33. The van der Waals surface area contributed by atoms with Crippen LogP contribution in [0.3, 0.4) is 0 Å². The average molecular weight is 303 g/mol. The zero-order valence-corrected chi connectivity index (χ0v) is 13.3. The summed E-state index contributed by atoms with van der Waals surface area (Å²) in [5, 5.41) is 0. The number of Topliss-reactive ketones (excluding diaryl/α,β-unsaturated/α-hetero) is 1. The van der Waals surface area contributed by atoms with Crippen LogP contribution < -0.4 is 0 Å². The molecule has 1 saturated heterocycles. The topological polar surface area (TPSA) is 46.6 Å². The Balaban J connectivity index is 1.78. The number of aryl methyl sites for hydroxylation is 1. The number of ether oxygens (including phenoxy) is 1. The summed E-state index contributed by atoms with van der Waals surface area (Å²) in [7, 11) is 0. The Hall–Kier alpha value is -1.68. The minimum Gasteiger partial charge on any atom is -0.463 e. The van der Waals surface area contributed by atoms with E-state index in [-0.39, 0.29) is 24.2 Å². The Kier molecular flexibility index (Phi) is 6.59. The van der Waals surface area contributed by atoms with Crippen LogP contribution in [0.4, 0.5) is 0 Å². The predicted octanol–water partition coefficient (Wildman–Crippen LogP) is 2.61. The smallest absolute Gasteiger partial charge is 0.323 e. The van der Waals surface area contributed by atoms with Crippen molar-refractivity contribution in [1.29, 1.82) is 0 Å². The highest BCUT2D eigenvalue weighted by molar-refractivity contribution is 5.86. The number of rotatable bonds is 8. The number of benzene rings is 1. The molecule has 0 aliphatic carbocycles. The summed E-state index contributed by atoms with van der Waals surface area (Å²) in [6.07, 6.45) is 3.52. The van der Waals surface area contributed by atoms with Gasteiger partial charge in [0.25, 0.3) is 0 Å². The van der Waals surface area contributed by atoms with Gasteiger partial charge in [0.05, 0.1) is 0 Å². The van der Waals surface area contributed by atoms with Gasteiger partial charge in [0.2, 0.25) is 0 Å². The molecule has 1 fully saturated rings. The number of carbonyl (C=O) groups excluding carboxylic acids is 2. The largest absolute Gasteiger partial charge is 0.463 e. The fourth-order valence-electron chi connectivity index (χ4n) is 2.88. The fourth-order valence-corrected chi connectivity index (χ4v) is 2.88. The zero-order valence-electron chi connectivity index (χ0n) is 13.3. The monoisotopic (exact) mass is 303 g/mol. The van der Waals surface area contributed by atoms with Gasteiger partial charge in [0, 0.05) is 19.4 Å². The van der Waals surface area contributed by atoms with Gasteiger partial charge in [-0.2, -0.15) is 0 Å². The molecule has 1 aromatic rings. The first-order valence-corrected chi connectivity index (χ1v) is 8.17. The summed E-state index contributed by atoms with van der Waals surface area (Å²) in [6.45, 7) is 4.11.